The number of nitro benzene ring substituents is 1. The van der Waals surface area contributed by atoms with Crippen LogP contribution in [-0.2, 0) is 15.2 Å². The molecule has 2 aliphatic rings. The van der Waals surface area contributed by atoms with E-state index < -0.39 is 10.6 Å². The Hall–Kier alpha value is -2.97. The first-order valence-electron chi connectivity index (χ1n) is 9.64. The van der Waals surface area contributed by atoms with Crippen molar-refractivity contribution in [2.75, 3.05) is 31.2 Å². The van der Waals surface area contributed by atoms with E-state index in [0.717, 1.165) is 5.56 Å². The zero-order valence-electron chi connectivity index (χ0n) is 16.4. The van der Waals surface area contributed by atoms with Crippen LogP contribution in [0.4, 0.5) is 16.2 Å². The zero-order chi connectivity index (χ0) is 20.6. The van der Waals surface area contributed by atoms with E-state index in [9.17, 15) is 14.9 Å². The highest BCUT2D eigenvalue weighted by Crippen LogP contribution is 2.49. The number of hydrogen-bond donors (Lipinski definition) is 0. The van der Waals surface area contributed by atoms with E-state index in [4.69, 9.17) is 9.47 Å². The SMILES string of the molecule is CC(C)OCCN1C(=O)N2CCOC2(c2ccccc2)c2cc([N+](=O)[O-])ccc21. The van der Waals surface area contributed by atoms with E-state index >= 15 is 0 Å². The molecule has 2 heterocycles. The minimum Gasteiger partial charge on any atom is -0.377 e. The largest absolute Gasteiger partial charge is 0.377 e. The fraction of sp³-hybridized carbons (Fsp3) is 0.381. The number of carbonyl (C=O) groups excluding carboxylic acids is 1. The highest BCUT2D eigenvalue weighted by molar-refractivity contribution is 5.97. The van der Waals surface area contributed by atoms with Gasteiger partial charge in [0.25, 0.3) is 5.69 Å². The maximum absolute atomic E-state index is 13.4. The lowest BCUT2D eigenvalue weighted by atomic mass is 9.89. The first kappa shape index (κ1) is 19.4. The van der Waals surface area contributed by atoms with Gasteiger partial charge >= 0.3 is 6.03 Å². The Morgan fingerprint density at radius 2 is 2.00 bits per heavy atom. The van der Waals surface area contributed by atoms with Gasteiger partial charge in [0.2, 0.25) is 0 Å². The van der Waals surface area contributed by atoms with Crippen LogP contribution >= 0.6 is 0 Å². The van der Waals surface area contributed by atoms with Gasteiger partial charge in [-0.1, -0.05) is 30.3 Å². The number of non-ortho nitro benzene ring substituents is 1. The molecule has 152 valence electrons. The number of hydrogen-bond acceptors (Lipinski definition) is 5. The summed E-state index contributed by atoms with van der Waals surface area (Å²) >= 11 is 0. The van der Waals surface area contributed by atoms with Crippen LogP contribution in [0.2, 0.25) is 0 Å². The molecular formula is C21H23N3O5. The van der Waals surface area contributed by atoms with Crippen molar-refractivity contribution in [1.82, 2.24) is 4.90 Å². The number of anilines is 1. The smallest absolute Gasteiger partial charge is 0.327 e. The second-order valence-electron chi connectivity index (χ2n) is 7.32. The lowest BCUT2D eigenvalue weighted by Crippen LogP contribution is -2.57. The number of fused-ring (bicyclic) bond motifs is 3. The Morgan fingerprint density at radius 3 is 2.69 bits per heavy atom. The molecule has 0 aromatic heterocycles. The van der Waals surface area contributed by atoms with Gasteiger partial charge in [0.05, 0.1) is 36.5 Å². The number of rotatable bonds is 6. The molecule has 1 atom stereocenters. The molecular weight excluding hydrogens is 374 g/mol. The highest BCUT2D eigenvalue weighted by atomic mass is 16.6. The molecule has 2 aliphatic heterocycles. The van der Waals surface area contributed by atoms with Crippen molar-refractivity contribution in [2.24, 2.45) is 0 Å². The summed E-state index contributed by atoms with van der Waals surface area (Å²) in [6, 6.07) is 13.8. The summed E-state index contributed by atoms with van der Waals surface area (Å²) in [6.07, 6.45) is 0.0461. The molecule has 29 heavy (non-hydrogen) atoms. The Kier molecular flexibility index (Phi) is 4.97. The number of ether oxygens (including phenoxy) is 2. The van der Waals surface area contributed by atoms with Gasteiger partial charge < -0.3 is 9.47 Å². The van der Waals surface area contributed by atoms with Crippen molar-refractivity contribution < 1.29 is 19.2 Å². The Bertz CT molecular complexity index is 933. The molecule has 0 bridgehead atoms. The average Bonchev–Trinajstić information content (AvgIpc) is 3.17. The van der Waals surface area contributed by atoms with Gasteiger partial charge in [0.1, 0.15) is 0 Å². The van der Waals surface area contributed by atoms with Crippen LogP contribution in [0.15, 0.2) is 48.5 Å². The van der Waals surface area contributed by atoms with E-state index in [-0.39, 0.29) is 17.8 Å². The summed E-state index contributed by atoms with van der Waals surface area (Å²) < 4.78 is 11.8. The first-order chi connectivity index (χ1) is 13.9. The average molecular weight is 397 g/mol. The quantitative estimate of drug-likeness (QED) is 0.550. The molecule has 0 aliphatic carbocycles. The van der Waals surface area contributed by atoms with Gasteiger partial charge in [0.15, 0.2) is 5.72 Å². The Morgan fingerprint density at radius 1 is 1.24 bits per heavy atom. The van der Waals surface area contributed by atoms with E-state index in [2.05, 4.69) is 0 Å². The van der Waals surface area contributed by atoms with Crippen molar-refractivity contribution in [1.29, 1.82) is 0 Å². The third-order valence-electron chi connectivity index (χ3n) is 5.25. The van der Waals surface area contributed by atoms with Crippen molar-refractivity contribution in [2.45, 2.75) is 25.7 Å². The van der Waals surface area contributed by atoms with Crippen molar-refractivity contribution in [3.8, 4) is 0 Å². The molecule has 0 N–H and O–H groups in total. The number of urea groups is 1. The molecule has 8 heteroatoms. The van der Waals surface area contributed by atoms with Crippen molar-refractivity contribution >= 4 is 17.4 Å². The molecule has 2 amide bonds. The van der Waals surface area contributed by atoms with Crippen LogP contribution in [0.3, 0.4) is 0 Å². The molecule has 8 nitrogen and oxygen atoms in total. The van der Waals surface area contributed by atoms with E-state index in [1.165, 1.54) is 12.1 Å². The van der Waals surface area contributed by atoms with Crippen LogP contribution in [0.5, 0.6) is 0 Å². The van der Waals surface area contributed by atoms with Gasteiger partial charge in [-0.15, -0.1) is 0 Å². The minimum absolute atomic E-state index is 0.0396. The first-order valence-corrected chi connectivity index (χ1v) is 9.64. The van der Waals surface area contributed by atoms with Crippen LogP contribution in [0.25, 0.3) is 0 Å². The van der Waals surface area contributed by atoms with E-state index in [0.29, 0.717) is 37.6 Å². The molecule has 1 saturated heterocycles. The third kappa shape index (κ3) is 3.14. The Labute approximate surface area is 168 Å². The topological polar surface area (TPSA) is 85.2 Å². The number of nitrogens with zero attached hydrogens (tertiary/aromatic N) is 3. The lowest BCUT2D eigenvalue weighted by Gasteiger charge is -2.46. The summed E-state index contributed by atoms with van der Waals surface area (Å²) in [5.74, 6) is 0. The summed E-state index contributed by atoms with van der Waals surface area (Å²) in [7, 11) is 0. The van der Waals surface area contributed by atoms with Crippen LogP contribution < -0.4 is 4.90 Å². The number of nitro groups is 1. The maximum Gasteiger partial charge on any atom is 0.327 e. The fourth-order valence-electron chi connectivity index (χ4n) is 4.02. The second kappa shape index (κ2) is 7.46. The van der Waals surface area contributed by atoms with Gasteiger partial charge in [-0.2, -0.15) is 0 Å². The highest BCUT2D eigenvalue weighted by Gasteiger charge is 2.54. The standard InChI is InChI=1S/C21H23N3O5/c1-15(2)28-12-10-22-19-9-8-17(24(26)27)14-18(19)21(16-6-4-3-5-7-16)23(20(22)25)11-13-29-21/h3-9,14-15H,10-13H2,1-2H3. The van der Waals surface area contributed by atoms with Gasteiger partial charge in [0, 0.05) is 29.8 Å². The van der Waals surface area contributed by atoms with Crippen LogP contribution in [-0.4, -0.2) is 48.3 Å². The summed E-state index contributed by atoms with van der Waals surface area (Å²) in [5, 5.41) is 11.5. The zero-order valence-corrected chi connectivity index (χ0v) is 16.4. The molecule has 2 aromatic carbocycles. The molecule has 4 rings (SSSR count). The van der Waals surface area contributed by atoms with E-state index in [1.54, 1.807) is 15.9 Å². The van der Waals surface area contributed by atoms with Crippen LogP contribution in [0.1, 0.15) is 25.0 Å². The predicted molar refractivity (Wildman–Crippen MR) is 107 cm³/mol. The molecule has 1 fully saturated rings. The number of carbonyl (C=O) groups is 1. The molecule has 0 saturated carbocycles. The third-order valence-corrected chi connectivity index (χ3v) is 5.25. The van der Waals surface area contributed by atoms with Gasteiger partial charge in [-0.3, -0.25) is 19.9 Å². The number of benzene rings is 2. The molecule has 1 unspecified atom stereocenters. The van der Waals surface area contributed by atoms with Crippen LogP contribution in [0, 0.1) is 10.1 Å². The normalized spacial score (nSPS) is 20.7. The minimum atomic E-state index is -1.17. The lowest BCUT2D eigenvalue weighted by molar-refractivity contribution is -0.385. The van der Waals surface area contributed by atoms with Crippen molar-refractivity contribution in [3.63, 3.8) is 0 Å². The second-order valence-corrected chi connectivity index (χ2v) is 7.32. The van der Waals surface area contributed by atoms with Crippen molar-refractivity contribution in [3.05, 3.63) is 69.8 Å². The molecule has 0 radical (unpaired) electrons. The predicted octanol–water partition coefficient (Wildman–Crippen LogP) is 3.49. The fourth-order valence-corrected chi connectivity index (χ4v) is 4.02. The molecule has 2 aromatic rings. The Balaban J connectivity index is 1.87. The number of amides is 2. The monoisotopic (exact) mass is 397 g/mol. The summed E-state index contributed by atoms with van der Waals surface area (Å²) in [6.45, 7) is 5.33. The summed E-state index contributed by atoms with van der Waals surface area (Å²) in [5.41, 5.74) is 0.761. The van der Waals surface area contributed by atoms with Gasteiger partial charge in [-0.05, 0) is 19.9 Å². The summed E-state index contributed by atoms with van der Waals surface area (Å²) in [4.78, 5) is 27.7. The maximum atomic E-state index is 13.4. The van der Waals surface area contributed by atoms with E-state index in [1.807, 2.05) is 44.2 Å². The van der Waals surface area contributed by atoms with Gasteiger partial charge in [-0.25, -0.2) is 4.79 Å². The molecule has 0 spiro atoms.